The number of carbonyl (C=O) groups is 1. The zero-order valence-corrected chi connectivity index (χ0v) is 10.9. The number of piperidine rings is 1. The lowest BCUT2D eigenvalue weighted by atomic mass is 9.91. The fourth-order valence-electron chi connectivity index (χ4n) is 2.04. The van der Waals surface area contributed by atoms with Gasteiger partial charge in [0.05, 0.1) is 0 Å². The molecule has 2 N–H and O–H groups in total. The molecule has 0 aromatic heterocycles. The van der Waals surface area contributed by atoms with Crippen LogP contribution >= 0.6 is 0 Å². The normalized spacial score (nSPS) is 18.9. The molecule has 5 nitrogen and oxygen atoms in total. The lowest BCUT2D eigenvalue weighted by molar-refractivity contribution is -0.146. The predicted octanol–water partition coefficient (Wildman–Crippen LogP) is 0.298. The van der Waals surface area contributed by atoms with Crippen LogP contribution in [0.5, 0.6) is 0 Å². The Morgan fingerprint density at radius 2 is 2.12 bits per heavy atom. The van der Waals surface area contributed by atoms with Gasteiger partial charge in [-0.2, -0.15) is 0 Å². The van der Waals surface area contributed by atoms with Crippen molar-refractivity contribution in [1.82, 2.24) is 10.6 Å². The molecule has 0 aliphatic carbocycles. The van der Waals surface area contributed by atoms with Gasteiger partial charge in [-0.3, -0.25) is 4.79 Å². The van der Waals surface area contributed by atoms with Crippen LogP contribution in [0, 0.1) is 0 Å². The monoisotopic (exact) mass is 244 g/mol. The molecule has 0 saturated carbocycles. The van der Waals surface area contributed by atoms with Gasteiger partial charge in [0.15, 0.2) is 0 Å². The average molecular weight is 244 g/mol. The van der Waals surface area contributed by atoms with Gasteiger partial charge in [-0.25, -0.2) is 0 Å². The quantitative estimate of drug-likeness (QED) is 0.632. The molecule has 0 radical (unpaired) electrons. The molecular formula is C12H24N2O3. The Kier molecular flexibility index (Phi) is 6.47. The van der Waals surface area contributed by atoms with Crippen LogP contribution in [0.3, 0.4) is 0 Å². The summed E-state index contributed by atoms with van der Waals surface area (Å²) < 4.78 is 10.7. The topological polar surface area (TPSA) is 59.6 Å². The van der Waals surface area contributed by atoms with Gasteiger partial charge in [-0.1, -0.05) is 0 Å². The molecule has 1 aliphatic rings. The van der Waals surface area contributed by atoms with Crippen LogP contribution in [0.1, 0.15) is 26.2 Å². The molecule has 1 heterocycles. The van der Waals surface area contributed by atoms with E-state index in [1.54, 1.807) is 7.11 Å². The van der Waals surface area contributed by atoms with E-state index in [1.807, 2.05) is 6.92 Å². The molecule has 0 atom stereocenters. The summed E-state index contributed by atoms with van der Waals surface area (Å²) in [4.78, 5) is 12.1. The first-order valence-corrected chi connectivity index (χ1v) is 6.37. The number of methoxy groups -OCH3 is 1. The van der Waals surface area contributed by atoms with Crippen molar-refractivity contribution >= 4 is 5.91 Å². The molecule has 0 unspecified atom stereocenters. The van der Waals surface area contributed by atoms with Crippen LogP contribution in [0.2, 0.25) is 0 Å². The Bertz CT molecular complexity index is 228. The van der Waals surface area contributed by atoms with E-state index in [-0.39, 0.29) is 5.91 Å². The molecule has 1 saturated heterocycles. The minimum Gasteiger partial charge on any atom is -0.382 e. The third-order valence-electron chi connectivity index (χ3n) is 3.17. The van der Waals surface area contributed by atoms with E-state index in [0.29, 0.717) is 13.2 Å². The maximum atomic E-state index is 12.1. The summed E-state index contributed by atoms with van der Waals surface area (Å²) in [5, 5.41) is 6.16. The van der Waals surface area contributed by atoms with E-state index in [9.17, 15) is 4.79 Å². The summed E-state index contributed by atoms with van der Waals surface area (Å²) in [6.07, 6.45) is 2.32. The zero-order valence-electron chi connectivity index (χ0n) is 10.9. The van der Waals surface area contributed by atoms with Gasteiger partial charge < -0.3 is 20.1 Å². The molecule has 17 heavy (non-hydrogen) atoms. The number of amides is 1. The minimum absolute atomic E-state index is 0.0120. The Balaban J connectivity index is 2.28. The number of hydrogen-bond acceptors (Lipinski definition) is 4. The molecule has 0 aromatic carbocycles. The Morgan fingerprint density at radius 3 is 2.71 bits per heavy atom. The molecule has 1 fully saturated rings. The first-order valence-electron chi connectivity index (χ1n) is 6.37. The van der Waals surface area contributed by atoms with Gasteiger partial charge in [-0.05, 0) is 39.3 Å². The van der Waals surface area contributed by atoms with E-state index in [1.165, 1.54) is 0 Å². The number of ether oxygens (including phenoxy) is 2. The fourth-order valence-corrected chi connectivity index (χ4v) is 2.04. The highest BCUT2D eigenvalue weighted by atomic mass is 16.5. The van der Waals surface area contributed by atoms with Gasteiger partial charge in [0.2, 0.25) is 0 Å². The largest absolute Gasteiger partial charge is 0.382 e. The average Bonchev–Trinajstić information content (AvgIpc) is 2.39. The third-order valence-corrected chi connectivity index (χ3v) is 3.17. The standard InChI is InChI=1S/C12H24N2O3/c1-3-17-10-4-7-14-11(15)12(16-2)5-8-13-9-6-12/h13H,3-10H2,1-2H3,(H,14,15). The van der Waals surface area contributed by atoms with E-state index < -0.39 is 5.60 Å². The number of rotatable bonds is 7. The van der Waals surface area contributed by atoms with E-state index >= 15 is 0 Å². The van der Waals surface area contributed by atoms with Crippen molar-refractivity contribution in [1.29, 1.82) is 0 Å². The fraction of sp³-hybridized carbons (Fsp3) is 0.917. The number of nitrogens with one attached hydrogen (secondary N) is 2. The Morgan fingerprint density at radius 1 is 1.41 bits per heavy atom. The Hall–Kier alpha value is -0.650. The summed E-state index contributed by atoms with van der Waals surface area (Å²) in [6.45, 7) is 5.70. The van der Waals surface area contributed by atoms with Gasteiger partial charge in [-0.15, -0.1) is 0 Å². The highest BCUT2D eigenvalue weighted by Crippen LogP contribution is 2.22. The smallest absolute Gasteiger partial charge is 0.252 e. The summed E-state index contributed by atoms with van der Waals surface area (Å²) in [6, 6.07) is 0. The van der Waals surface area contributed by atoms with Crippen molar-refractivity contribution in [2.75, 3.05) is 40.0 Å². The van der Waals surface area contributed by atoms with Gasteiger partial charge >= 0.3 is 0 Å². The second-order valence-corrected chi connectivity index (χ2v) is 4.25. The first kappa shape index (κ1) is 14.4. The molecule has 1 rings (SSSR count). The number of hydrogen-bond donors (Lipinski definition) is 2. The number of carbonyl (C=O) groups excluding carboxylic acids is 1. The van der Waals surface area contributed by atoms with Crippen LogP contribution in [0.15, 0.2) is 0 Å². The van der Waals surface area contributed by atoms with E-state index in [0.717, 1.165) is 39.0 Å². The summed E-state index contributed by atoms with van der Waals surface area (Å²) >= 11 is 0. The first-order chi connectivity index (χ1) is 8.25. The molecule has 0 bridgehead atoms. The van der Waals surface area contributed by atoms with Crippen molar-refractivity contribution in [3.8, 4) is 0 Å². The van der Waals surface area contributed by atoms with Gasteiger partial charge in [0.1, 0.15) is 5.60 Å². The summed E-state index contributed by atoms with van der Waals surface area (Å²) in [5.41, 5.74) is -0.628. The van der Waals surface area contributed by atoms with Gasteiger partial charge in [0, 0.05) is 26.9 Å². The Labute approximate surface area is 103 Å². The maximum absolute atomic E-state index is 12.1. The molecule has 5 heteroatoms. The highest BCUT2D eigenvalue weighted by Gasteiger charge is 2.39. The maximum Gasteiger partial charge on any atom is 0.252 e. The van der Waals surface area contributed by atoms with Crippen LogP contribution in [-0.2, 0) is 14.3 Å². The molecule has 1 aliphatic heterocycles. The van der Waals surface area contributed by atoms with Gasteiger partial charge in [0.25, 0.3) is 5.91 Å². The second-order valence-electron chi connectivity index (χ2n) is 4.25. The van der Waals surface area contributed by atoms with Crippen LogP contribution in [0.25, 0.3) is 0 Å². The summed E-state index contributed by atoms with van der Waals surface area (Å²) in [7, 11) is 1.62. The third kappa shape index (κ3) is 4.26. The summed E-state index contributed by atoms with van der Waals surface area (Å²) in [5.74, 6) is 0.0120. The predicted molar refractivity (Wildman–Crippen MR) is 66.0 cm³/mol. The van der Waals surface area contributed by atoms with Crippen molar-refractivity contribution < 1.29 is 14.3 Å². The van der Waals surface area contributed by atoms with Crippen molar-refractivity contribution in [3.05, 3.63) is 0 Å². The highest BCUT2D eigenvalue weighted by molar-refractivity contribution is 5.85. The SMILES string of the molecule is CCOCCCNC(=O)C1(OC)CCNCC1. The van der Waals surface area contributed by atoms with E-state index in [2.05, 4.69) is 10.6 Å². The lowest BCUT2D eigenvalue weighted by Gasteiger charge is -2.34. The molecule has 1 amide bonds. The second kappa shape index (κ2) is 7.63. The molecule has 0 spiro atoms. The minimum atomic E-state index is -0.628. The molecule has 0 aromatic rings. The lowest BCUT2D eigenvalue weighted by Crippen LogP contribution is -2.54. The van der Waals surface area contributed by atoms with Crippen LogP contribution < -0.4 is 10.6 Å². The van der Waals surface area contributed by atoms with E-state index in [4.69, 9.17) is 9.47 Å². The van der Waals surface area contributed by atoms with Crippen molar-refractivity contribution in [3.63, 3.8) is 0 Å². The molecule has 100 valence electrons. The van der Waals surface area contributed by atoms with Crippen LogP contribution in [0.4, 0.5) is 0 Å². The zero-order chi connectivity index (χ0) is 12.6. The van der Waals surface area contributed by atoms with Crippen molar-refractivity contribution in [2.24, 2.45) is 0 Å². The molecular weight excluding hydrogens is 220 g/mol. The van der Waals surface area contributed by atoms with Crippen molar-refractivity contribution in [2.45, 2.75) is 31.8 Å². The van der Waals surface area contributed by atoms with Crippen LogP contribution in [-0.4, -0.2) is 51.5 Å².